The van der Waals surface area contributed by atoms with Crippen LogP contribution in [0, 0.1) is 13.8 Å². The fraction of sp³-hybridized carbons (Fsp3) is 0.600. The SMILES string of the molecule is CN=C(NCc1nc(C)c(C)s1)N(C)C.I. The first-order chi connectivity index (χ1) is 7.04. The third-order valence-corrected chi connectivity index (χ3v) is 3.18. The number of guanidine groups is 1. The summed E-state index contributed by atoms with van der Waals surface area (Å²) in [6, 6.07) is 0. The van der Waals surface area contributed by atoms with Crippen molar-refractivity contribution in [2.45, 2.75) is 20.4 Å². The number of thiazole rings is 1. The van der Waals surface area contributed by atoms with Gasteiger partial charge < -0.3 is 10.2 Å². The van der Waals surface area contributed by atoms with E-state index in [0.717, 1.165) is 23.2 Å². The van der Waals surface area contributed by atoms with Gasteiger partial charge in [0.15, 0.2) is 5.96 Å². The summed E-state index contributed by atoms with van der Waals surface area (Å²) in [5.74, 6) is 0.875. The van der Waals surface area contributed by atoms with Crippen molar-refractivity contribution in [2.75, 3.05) is 21.1 Å². The molecule has 6 heteroatoms. The Kier molecular flexibility index (Phi) is 6.89. The Hall–Kier alpha value is -0.370. The molecular weight excluding hydrogens is 335 g/mol. The molecule has 0 aliphatic heterocycles. The summed E-state index contributed by atoms with van der Waals surface area (Å²) in [7, 11) is 5.71. The van der Waals surface area contributed by atoms with Crippen LogP contribution >= 0.6 is 35.3 Å². The zero-order valence-electron chi connectivity index (χ0n) is 10.4. The van der Waals surface area contributed by atoms with Gasteiger partial charge in [0.25, 0.3) is 0 Å². The van der Waals surface area contributed by atoms with E-state index in [1.165, 1.54) is 4.88 Å². The molecule has 1 rings (SSSR count). The van der Waals surface area contributed by atoms with Crippen molar-refractivity contribution in [3.8, 4) is 0 Å². The van der Waals surface area contributed by atoms with Gasteiger partial charge in [-0.2, -0.15) is 0 Å². The molecule has 0 aromatic carbocycles. The maximum Gasteiger partial charge on any atom is 0.193 e. The molecule has 0 spiro atoms. The van der Waals surface area contributed by atoms with Crippen LogP contribution < -0.4 is 5.32 Å². The van der Waals surface area contributed by atoms with Gasteiger partial charge >= 0.3 is 0 Å². The second-order valence-corrected chi connectivity index (χ2v) is 4.83. The predicted octanol–water partition coefficient (Wildman–Crippen LogP) is 2.01. The number of halogens is 1. The molecule has 0 aliphatic carbocycles. The molecule has 1 aromatic heterocycles. The molecule has 0 bridgehead atoms. The van der Waals surface area contributed by atoms with Crippen molar-refractivity contribution in [1.82, 2.24) is 15.2 Å². The second kappa shape index (κ2) is 7.05. The number of rotatable bonds is 2. The highest BCUT2D eigenvalue weighted by molar-refractivity contribution is 14.0. The van der Waals surface area contributed by atoms with E-state index >= 15 is 0 Å². The number of nitrogens with one attached hydrogen (secondary N) is 1. The molecule has 92 valence electrons. The van der Waals surface area contributed by atoms with Crippen LogP contribution in [0.1, 0.15) is 15.6 Å². The van der Waals surface area contributed by atoms with Gasteiger partial charge in [0.05, 0.1) is 12.2 Å². The van der Waals surface area contributed by atoms with Gasteiger partial charge in [-0.25, -0.2) is 4.98 Å². The highest BCUT2D eigenvalue weighted by Gasteiger charge is 2.05. The largest absolute Gasteiger partial charge is 0.350 e. The molecule has 4 nitrogen and oxygen atoms in total. The van der Waals surface area contributed by atoms with E-state index in [1.807, 2.05) is 25.9 Å². The third-order valence-electron chi connectivity index (χ3n) is 2.11. The van der Waals surface area contributed by atoms with Crippen LogP contribution in [0.4, 0.5) is 0 Å². The van der Waals surface area contributed by atoms with E-state index in [2.05, 4.69) is 22.2 Å². The minimum atomic E-state index is 0. The van der Waals surface area contributed by atoms with Gasteiger partial charge in [0.1, 0.15) is 5.01 Å². The Morgan fingerprint density at radius 1 is 1.44 bits per heavy atom. The average Bonchev–Trinajstić information content (AvgIpc) is 2.47. The zero-order chi connectivity index (χ0) is 11.4. The fourth-order valence-corrected chi connectivity index (χ4v) is 2.08. The Bertz CT molecular complexity index is 340. The van der Waals surface area contributed by atoms with Crippen LogP contribution in [0.25, 0.3) is 0 Å². The molecule has 1 N–H and O–H groups in total. The summed E-state index contributed by atoms with van der Waals surface area (Å²) in [5.41, 5.74) is 1.12. The zero-order valence-corrected chi connectivity index (χ0v) is 13.5. The first kappa shape index (κ1) is 15.6. The molecule has 0 aliphatic rings. The minimum Gasteiger partial charge on any atom is -0.350 e. The first-order valence-corrected chi connectivity index (χ1v) is 5.67. The number of hydrogen-bond donors (Lipinski definition) is 1. The lowest BCUT2D eigenvalue weighted by molar-refractivity contribution is 0.582. The summed E-state index contributed by atoms with van der Waals surface area (Å²) >= 11 is 1.73. The van der Waals surface area contributed by atoms with Crippen LogP contribution in [-0.4, -0.2) is 37.0 Å². The molecule has 0 fully saturated rings. The quantitative estimate of drug-likeness (QED) is 0.502. The lowest BCUT2D eigenvalue weighted by atomic mass is 10.4. The van der Waals surface area contributed by atoms with Crippen LogP contribution in [0.3, 0.4) is 0 Å². The van der Waals surface area contributed by atoms with Crippen molar-refractivity contribution < 1.29 is 0 Å². The minimum absolute atomic E-state index is 0. The van der Waals surface area contributed by atoms with E-state index < -0.39 is 0 Å². The van der Waals surface area contributed by atoms with Crippen molar-refractivity contribution in [2.24, 2.45) is 4.99 Å². The summed E-state index contributed by atoms with van der Waals surface area (Å²) < 4.78 is 0. The number of aliphatic imine (C=N–C) groups is 1. The molecule has 1 aromatic rings. The predicted molar refractivity (Wildman–Crippen MR) is 80.9 cm³/mol. The van der Waals surface area contributed by atoms with Crippen LogP contribution in [0.5, 0.6) is 0 Å². The van der Waals surface area contributed by atoms with Crippen molar-refractivity contribution >= 4 is 41.3 Å². The lowest BCUT2D eigenvalue weighted by Gasteiger charge is -2.15. The molecule has 0 radical (unpaired) electrons. The molecule has 1 heterocycles. The van der Waals surface area contributed by atoms with Crippen LogP contribution in [0.15, 0.2) is 4.99 Å². The van der Waals surface area contributed by atoms with Gasteiger partial charge in [0.2, 0.25) is 0 Å². The van der Waals surface area contributed by atoms with E-state index in [9.17, 15) is 0 Å². The molecule has 16 heavy (non-hydrogen) atoms. The van der Waals surface area contributed by atoms with Crippen LogP contribution in [-0.2, 0) is 6.54 Å². The molecule has 0 unspecified atom stereocenters. The average molecular weight is 354 g/mol. The summed E-state index contributed by atoms with van der Waals surface area (Å²) in [6.07, 6.45) is 0. The van der Waals surface area contributed by atoms with E-state index in [4.69, 9.17) is 0 Å². The second-order valence-electron chi connectivity index (χ2n) is 3.54. The standard InChI is InChI=1S/C10H18N4S.HI/c1-7-8(2)15-9(13-7)6-12-10(11-3)14(4)5;/h6H2,1-5H3,(H,11,12);1H. The Labute approximate surface area is 118 Å². The Morgan fingerprint density at radius 3 is 2.44 bits per heavy atom. The number of nitrogens with zero attached hydrogens (tertiary/aromatic N) is 3. The van der Waals surface area contributed by atoms with Crippen LogP contribution in [0.2, 0.25) is 0 Å². The van der Waals surface area contributed by atoms with E-state index in [0.29, 0.717) is 0 Å². The highest BCUT2D eigenvalue weighted by Crippen LogP contribution is 2.15. The number of aryl methyl sites for hydroxylation is 2. The Balaban J connectivity index is 0.00000225. The summed E-state index contributed by atoms with van der Waals surface area (Å²) in [4.78, 5) is 11.8. The van der Waals surface area contributed by atoms with Gasteiger partial charge in [-0.15, -0.1) is 35.3 Å². The molecule has 0 saturated heterocycles. The van der Waals surface area contributed by atoms with Gasteiger partial charge in [-0.3, -0.25) is 4.99 Å². The molecular formula is C10H19IN4S. The van der Waals surface area contributed by atoms with E-state index in [1.54, 1.807) is 18.4 Å². The van der Waals surface area contributed by atoms with Crippen molar-refractivity contribution in [3.63, 3.8) is 0 Å². The maximum atomic E-state index is 4.46. The lowest BCUT2D eigenvalue weighted by Crippen LogP contribution is -2.35. The number of aromatic nitrogens is 1. The monoisotopic (exact) mass is 354 g/mol. The smallest absolute Gasteiger partial charge is 0.193 e. The Morgan fingerprint density at radius 2 is 2.06 bits per heavy atom. The maximum absolute atomic E-state index is 4.46. The number of hydrogen-bond acceptors (Lipinski definition) is 3. The summed E-state index contributed by atoms with van der Waals surface area (Å²) in [5, 5.41) is 4.35. The van der Waals surface area contributed by atoms with Gasteiger partial charge in [-0.05, 0) is 13.8 Å². The third kappa shape index (κ3) is 4.25. The highest BCUT2D eigenvalue weighted by atomic mass is 127. The normalized spacial score (nSPS) is 10.9. The van der Waals surface area contributed by atoms with Gasteiger partial charge in [0, 0.05) is 26.0 Å². The molecule has 0 amide bonds. The van der Waals surface area contributed by atoms with Crippen molar-refractivity contribution in [3.05, 3.63) is 15.6 Å². The molecule has 0 atom stereocenters. The first-order valence-electron chi connectivity index (χ1n) is 4.85. The summed E-state index contributed by atoms with van der Waals surface area (Å²) in [6.45, 7) is 4.87. The fourth-order valence-electron chi connectivity index (χ4n) is 1.21. The van der Waals surface area contributed by atoms with Crippen molar-refractivity contribution in [1.29, 1.82) is 0 Å². The van der Waals surface area contributed by atoms with E-state index in [-0.39, 0.29) is 24.0 Å². The molecule has 0 saturated carbocycles. The topological polar surface area (TPSA) is 40.5 Å². The van der Waals surface area contributed by atoms with Gasteiger partial charge in [-0.1, -0.05) is 0 Å².